The van der Waals surface area contributed by atoms with Crippen molar-refractivity contribution < 1.29 is 0 Å². The molecule has 2 N–H and O–H groups in total. The van der Waals surface area contributed by atoms with Gasteiger partial charge in [-0.05, 0) is 18.2 Å². The van der Waals surface area contributed by atoms with E-state index in [0.717, 1.165) is 0 Å². The van der Waals surface area contributed by atoms with Gasteiger partial charge in [-0.3, -0.25) is 0 Å². The van der Waals surface area contributed by atoms with Crippen molar-refractivity contribution >= 4 is 11.4 Å². The number of hydrogen-bond acceptors (Lipinski definition) is 4. The zero-order valence-corrected chi connectivity index (χ0v) is 6.69. The third-order valence-electron chi connectivity index (χ3n) is 1.59. The van der Waals surface area contributed by atoms with Gasteiger partial charge in [-0.15, -0.1) is 4.91 Å². The second-order valence-electron chi connectivity index (χ2n) is 2.32. The number of nitrogens with zero attached hydrogens (tertiary/aromatic N) is 2. The summed E-state index contributed by atoms with van der Waals surface area (Å²) in [5.41, 5.74) is 1.64. The highest BCUT2D eigenvalue weighted by atomic mass is 16.3. The fraction of sp³-hybridized carbons (Fsp3) is 0.125. The van der Waals surface area contributed by atoms with Gasteiger partial charge in [0.1, 0.15) is 5.69 Å². The molecule has 0 atom stereocenters. The number of hydrazone groups is 1. The van der Waals surface area contributed by atoms with E-state index < -0.39 is 0 Å². The predicted molar refractivity (Wildman–Crippen MR) is 48.3 cm³/mol. The maximum absolute atomic E-state index is 10.3. The molecule has 1 aromatic carbocycles. The molecule has 0 heterocycles. The lowest BCUT2D eigenvalue weighted by Crippen LogP contribution is -1.98. The average molecular weight is 163 g/mol. The van der Waals surface area contributed by atoms with Crippen LogP contribution in [-0.4, -0.2) is 5.71 Å². The lowest BCUT2D eigenvalue weighted by atomic mass is 10.1. The summed E-state index contributed by atoms with van der Waals surface area (Å²) < 4.78 is 0. The van der Waals surface area contributed by atoms with Crippen LogP contribution in [0.3, 0.4) is 0 Å². The molecular formula is C8H9N3O. The minimum atomic E-state index is 0.365. The van der Waals surface area contributed by atoms with E-state index in [4.69, 9.17) is 5.84 Å². The number of nitrogens with two attached hydrogens (primary N) is 1. The standard InChI is InChI=1S/C8H9N3O/c1-6(10-9)7-4-2-3-5-8(7)11-12/h2-5H,9H2,1H3/b10-6-. The van der Waals surface area contributed by atoms with E-state index in [-0.39, 0.29) is 0 Å². The zero-order chi connectivity index (χ0) is 8.97. The summed E-state index contributed by atoms with van der Waals surface area (Å²) in [6.07, 6.45) is 0. The van der Waals surface area contributed by atoms with Crippen molar-refractivity contribution in [1.82, 2.24) is 0 Å². The molecule has 1 aromatic rings. The Bertz CT molecular complexity index is 320. The maximum Gasteiger partial charge on any atom is 0.117 e. The summed E-state index contributed by atoms with van der Waals surface area (Å²) in [6.45, 7) is 1.73. The van der Waals surface area contributed by atoms with Crippen LogP contribution in [0.2, 0.25) is 0 Å². The van der Waals surface area contributed by atoms with E-state index in [9.17, 15) is 4.91 Å². The van der Waals surface area contributed by atoms with E-state index >= 15 is 0 Å². The topological polar surface area (TPSA) is 67.8 Å². The quantitative estimate of drug-likeness (QED) is 0.312. The highest BCUT2D eigenvalue weighted by Crippen LogP contribution is 2.18. The molecule has 0 aliphatic rings. The number of benzene rings is 1. The molecule has 0 saturated heterocycles. The molecular weight excluding hydrogens is 154 g/mol. The van der Waals surface area contributed by atoms with Gasteiger partial charge in [0.25, 0.3) is 0 Å². The van der Waals surface area contributed by atoms with Crippen LogP contribution in [0.5, 0.6) is 0 Å². The van der Waals surface area contributed by atoms with Gasteiger partial charge < -0.3 is 5.84 Å². The Morgan fingerprint density at radius 1 is 1.42 bits per heavy atom. The summed E-state index contributed by atoms with van der Waals surface area (Å²) in [4.78, 5) is 10.3. The van der Waals surface area contributed by atoms with Gasteiger partial charge in [0.2, 0.25) is 0 Å². The van der Waals surface area contributed by atoms with Crippen molar-refractivity contribution in [3.63, 3.8) is 0 Å². The fourth-order valence-corrected chi connectivity index (χ4v) is 0.929. The monoisotopic (exact) mass is 163 g/mol. The molecule has 1 rings (SSSR count). The van der Waals surface area contributed by atoms with E-state index in [1.54, 1.807) is 31.2 Å². The number of rotatable bonds is 2. The van der Waals surface area contributed by atoms with Crippen LogP contribution in [0, 0.1) is 4.91 Å². The Morgan fingerprint density at radius 2 is 2.08 bits per heavy atom. The van der Waals surface area contributed by atoms with Crippen molar-refractivity contribution in [2.24, 2.45) is 16.1 Å². The smallest absolute Gasteiger partial charge is 0.117 e. The molecule has 0 spiro atoms. The van der Waals surface area contributed by atoms with Gasteiger partial charge in [0, 0.05) is 5.56 Å². The molecule has 0 aliphatic carbocycles. The first-order valence-corrected chi connectivity index (χ1v) is 3.47. The molecule has 0 radical (unpaired) electrons. The molecule has 0 aromatic heterocycles. The van der Waals surface area contributed by atoms with Crippen molar-refractivity contribution in [1.29, 1.82) is 0 Å². The lowest BCUT2D eigenvalue weighted by Gasteiger charge is -1.99. The highest BCUT2D eigenvalue weighted by Gasteiger charge is 2.03. The third kappa shape index (κ3) is 1.47. The molecule has 0 fully saturated rings. The summed E-state index contributed by atoms with van der Waals surface area (Å²) in [5.74, 6) is 5.07. The molecule has 0 aliphatic heterocycles. The van der Waals surface area contributed by atoms with E-state index in [2.05, 4.69) is 10.3 Å². The summed E-state index contributed by atoms with van der Waals surface area (Å²) in [7, 11) is 0. The molecule has 62 valence electrons. The molecule has 4 heteroatoms. The first-order chi connectivity index (χ1) is 5.79. The Labute approximate surface area is 70.1 Å². The van der Waals surface area contributed by atoms with Crippen molar-refractivity contribution in [3.8, 4) is 0 Å². The fourth-order valence-electron chi connectivity index (χ4n) is 0.929. The second kappa shape index (κ2) is 3.61. The van der Waals surface area contributed by atoms with Crippen LogP contribution in [-0.2, 0) is 0 Å². The molecule has 0 amide bonds. The minimum absolute atomic E-state index is 0.365. The van der Waals surface area contributed by atoms with Gasteiger partial charge in [0.05, 0.1) is 5.71 Å². The Balaban J connectivity index is 3.22. The summed E-state index contributed by atoms with van der Waals surface area (Å²) >= 11 is 0. The lowest BCUT2D eigenvalue weighted by molar-refractivity contribution is 1.23. The first-order valence-electron chi connectivity index (χ1n) is 3.47. The van der Waals surface area contributed by atoms with Crippen LogP contribution < -0.4 is 5.84 Å². The predicted octanol–water partition coefficient (Wildman–Crippen LogP) is 1.77. The first kappa shape index (κ1) is 8.39. The Kier molecular flexibility index (Phi) is 2.53. The molecule has 0 saturated carbocycles. The summed E-state index contributed by atoms with van der Waals surface area (Å²) in [6, 6.07) is 6.92. The number of hydrogen-bond donors (Lipinski definition) is 1. The third-order valence-corrected chi connectivity index (χ3v) is 1.59. The Hall–Kier alpha value is -1.71. The van der Waals surface area contributed by atoms with Gasteiger partial charge in [0.15, 0.2) is 0 Å². The van der Waals surface area contributed by atoms with E-state index in [1.807, 2.05) is 0 Å². The molecule has 0 unspecified atom stereocenters. The van der Waals surface area contributed by atoms with E-state index in [1.165, 1.54) is 0 Å². The SMILES string of the molecule is C/C(=N/N)c1ccccc1N=O. The second-order valence-corrected chi connectivity index (χ2v) is 2.32. The largest absolute Gasteiger partial charge is 0.323 e. The number of nitroso groups, excluding NO2 is 1. The van der Waals surface area contributed by atoms with Crippen molar-refractivity contribution in [2.45, 2.75) is 6.92 Å². The van der Waals surface area contributed by atoms with Crippen LogP contribution in [0.25, 0.3) is 0 Å². The highest BCUT2D eigenvalue weighted by molar-refractivity contribution is 6.02. The van der Waals surface area contributed by atoms with Crippen molar-refractivity contribution in [3.05, 3.63) is 34.7 Å². The van der Waals surface area contributed by atoms with Gasteiger partial charge >= 0.3 is 0 Å². The Morgan fingerprint density at radius 3 is 2.67 bits per heavy atom. The van der Waals surface area contributed by atoms with Crippen LogP contribution in [0.15, 0.2) is 34.5 Å². The van der Waals surface area contributed by atoms with E-state index in [0.29, 0.717) is 17.0 Å². The van der Waals surface area contributed by atoms with Gasteiger partial charge in [-0.25, -0.2) is 0 Å². The van der Waals surface area contributed by atoms with Crippen LogP contribution in [0.1, 0.15) is 12.5 Å². The minimum Gasteiger partial charge on any atom is -0.323 e. The van der Waals surface area contributed by atoms with Crippen LogP contribution in [0.4, 0.5) is 5.69 Å². The van der Waals surface area contributed by atoms with Crippen LogP contribution >= 0.6 is 0 Å². The molecule has 0 bridgehead atoms. The zero-order valence-electron chi connectivity index (χ0n) is 6.69. The maximum atomic E-state index is 10.3. The average Bonchev–Trinajstić information content (AvgIpc) is 2.16. The van der Waals surface area contributed by atoms with Gasteiger partial charge in [-0.2, -0.15) is 5.10 Å². The van der Waals surface area contributed by atoms with Crippen molar-refractivity contribution in [2.75, 3.05) is 0 Å². The summed E-state index contributed by atoms with van der Waals surface area (Å²) in [5, 5.41) is 6.34. The molecule has 4 nitrogen and oxygen atoms in total. The van der Waals surface area contributed by atoms with Gasteiger partial charge in [-0.1, -0.05) is 18.2 Å². The normalized spacial score (nSPS) is 11.2. The molecule has 12 heavy (non-hydrogen) atoms.